The first kappa shape index (κ1) is 15.2. The van der Waals surface area contributed by atoms with Crippen LogP contribution in [0.25, 0.3) is 0 Å². The average Bonchev–Trinajstić information content (AvgIpc) is 2.45. The van der Waals surface area contributed by atoms with Crippen LogP contribution < -0.4 is 4.74 Å². The molecule has 3 nitrogen and oxygen atoms in total. The van der Waals surface area contributed by atoms with E-state index in [9.17, 15) is 0 Å². The van der Waals surface area contributed by atoms with Crippen molar-refractivity contribution in [2.45, 2.75) is 27.7 Å². The molecule has 0 bridgehead atoms. The number of ether oxygens (including phenoxy) is 1. The number of aryl methyl sites for hydroxylation is 1. The molecule has 0 atom stereocenters. The summed E-state index contributed by atoms with van der Waals surface area (Å²) in [6, 6.07) is 15.6. The largest absolute Gasteiger partial charge is 0.493 e. The molecule has 0 spiro atoms. The van der Waals surface area contributed by atoms with Crippen LogP contribution in [0.4, 0.5) is 11.4 Å². The number of hydrogen-bond acceptors (Lipinski definition) is 3. The Bertz CT molecular complexity index is 593. The van der Waals surface area contributed by atoms with Gasteiger partial charge in [0.25, 0.3) is 0 Å². The molecular weight excluding hydrogens is 260 g/mol. The molecule has 0 aliphatic carbocycles. The van der Waals surface area contributed by atoms with Crippen molar-refractivity contribution in [1.82, 2.24) is 0 Å². The lowest BCUT2D eigenvalue weighted by Gasteiger charge is -2.18. The van der Waals surface area contributed by atoms with Gasteiger partial charge in [-0.1, -0.05) is 38.5 Å². The van der Waals surface area contributed by atoms with E-state index in [1.54, 1.807) is 0 Å². The molecule has 110 valence electrons. The Balaban J connectivity index is 1.97. The topological polar surface area (TPSA) is 34.0 Å². The Morgan fingerprint density at radius 1 is 0.810 bits per heavy atom. The van der Waals surface area contributed by atoms with Gasteiger partial charge in [0.1, 0.15) is 5.75 Å². The summed E-state index contributed by atoms with van der Waals surface area (Å²) in [5, 5.41) is 8.44. The van der Waals surface area contributed by atoms with E-state index in [1.807, 2.05) is 48.5 Å². The number of benzene rings is 2. The highest BCUT2D eigenvalue weighted by molar-refractivity contribution is 5.43. The molecule has 0 N–H and O–H groups in total. The molecule has 0 saturated carbocycles. The number of hydrogen-bond donors (Lipinski definition) is 0. The quantitative estimate of drug-likeness (QED) is 0.649. The fraction of sp³-hybridized carbons (Fsp3) is 0.333. The third-order valence-electron chi connectivity index (χ3n) is 2.82. The predicted molar refractivity (Wildman–Crippen MR) is 86.7 cm³/mol. The summed E-state index contributed by atoms with van der Waals surface area (Å²) in [5.41, 5.74) is 3.05. The van der Waals surface area contributed by atoms with Crippen LogP contribution in [0.1, 0.15) is 26.3 Å². The first-order valence-electron chi connectivity index (χ1n) is 7.14. The van der Waals surface area contributed by atoms with Crippen molar-refractivity contribution in [3.8, 4) is 5.75 Å². The smallest absolute Gasteiger partial charge is 0.119 e. The maximum Gasteiger partial charge on any atom is 0.119 e. The SMILES string of the molecule is Cc1ccc(N=Nc2ccc(OCC(C)(C)C)cc2)cc1. The second-order valence-corrected chi connectivity index (χ2v) is 6.38. The van der Waals surface area contributed by atoms with Crippen LogP contribution in [0.15, 0.2) is 58.8 Å². The molecule has 2 rings (SSSR count). The van der Waals surface area contributed by atoms with Gasteiger partial charge >= 0.3 is 0 Å². The van der Waals surface area contributed by atoms with Gasteiger partial charge in [0, 0.05) is 0 Å². The minimum atomic E-state index is 0.157. The van der Waals surface area contributed by atoms with Crippen LogP contribution in [-0.4, -0.2) is 6.61 Å². The van der Waals surface area contributed by atoms with Crippen molar-refractivity contribution in [1.29, 1.82) is 0 Å². The van der Waals surface area contributed by atoms with Crippen molar-refractivity contribution in [2.75, 3.05) is 6.61 Å². The molecule has 2 aromatic rings. The Labute approximate surface area is 126 Å². The fourth-order valence-electron chi connectivity index (χ4n) is 1.64. The van der Waals surface area contributed by atoms with Gasteiger partial charge in [-0.15, -0.1) is 0 Å². The summed E-state index contributed by atoms with van der Waals surface area (Å²) < 4.78 is 5.73. The van der Waals surface area contributed by atoms with Crippen LogP contribution in [0.5, 0.6) is 5.75 Å². The zero-order chi connectivity index (χ0) is 15.3. The summed E-state index contributed by atoms with van der Waals surface area (Å²) in [6.45, 7) is 9.19. The number of azo groups is 1. The molecule has 3 heteroatoms. The van der Waals surface area contributed by atoms with Crippen LogP contribution in [0.2, 0.25) is 0 Å². The molecule has 21 heavy (non-hydrogen) atoms. The summed E-state index contributed by atoms with van der Waals surface area (Å²) in [4.78, 5) is 0. The maximum atomic E-state index is 5.73. The van der Waals surface area contributed by atoms with Crippen molar-refractivity contribution in [3.05, 3.63) is 54.1 Å². The van der Waals surface area contributed by atoms with Gasteiger partial charge in [-0.05, 0) is 48.7 Å². The van der Waals surface area contributed by atoms with Gasteiger partial charge in [-0.3, -0.25) is 0 Å². The van der Waals surface area contributed by atoms with Crippen molar-refractivity contribution in [3.63, 3.8) is 0 Å². The lowest BCUT2D eigenvalue weighted by atomic mass is 9.99. The highest BCUT2D eigenvalue weighted by Crippen LogP contribution is 2.23. The van der Waals surface area contributed by atoms with E-state index in [4.69, 9.17) is 4.74 Å². The summed E-state index contributed by atoms with van der Waals surface area (Å²) in [6.07, 6.45) is 0. The third kappa shape index (κ3) is 5.38. The van der Waals surface area contributed by atoms with Gasteiger partial charge in [0.15, 0.2) is 0 Å². The van der Waals surface area contributed by atoms with Crippen molar-refractivity contribution < 1.29 is 4.74 Å². The molecule has 0 aliphatic rings. The second kappa shape index (κ2) is 6.53. The molecule has 0 unspecified atom stereocenters. The Morgan fingerprint density at radius 3 is 1.76 bits per heavy atom. The van der Waals surface area contributed by atoms with E-state index in [-0.39, 0.29) is 5.41 Å². The highest BCUT2D eigenvalue weighted by Gasteiger charge is 2.10. The molecule has 0 heterocycles. The minimum Gasteiger partial charge on any atom is -0.493 e. The van der Waals surface area contributed by atoms with Gasteiger partial charge < -0.3 is 4.74 Å². The average molecular weight is 282 g/mol. The number of nitrogens with zero attached hydrogens (tertiary/aromatic N) is 2. The standard InChI is InChI=1S/C18H22N2O/c1-14-5-7-15(8-6-14)19-20-16-9-11-17(12-10-16)21-13-18(2,3)4/h5-12H,13H2,1-4H3. The van der Waals surface area contributed by atoms with Gasteiger partial charge in [0.05, 0.1) is 18.0 Å². The molecule has 0 radical (unpaired) electrons. The van der Waals surface area contributed by atoms with Gasteiger partial charge in [-0.25, -0.2) is 0 Å². The van der Waals surface area contributed by atoms with Crippen LogP contribution in [0, 0.1) is 12.3 Å². The van der Waals surface area contributed by atoms with E-state index in [0.717, 1.165) is 17.1 Å². The summed E-state index contributed by atoms with van der Waals surface area (Å²) in [7, 11) is 0. The summed E-state index contributed by atoms with van der Waals surface area (Å²) >= 11 is 0. The van der Waals surface area contributed by atoms with Crippen LogP contribution in [0.3, 0.4) is 0 Å². The monoisotopic (exact) mass is 282 g/mol. The highest BCUT2D eigenvalue weighted by atomic mass is 16.5. The normalized spacial score (nSPS) is 11.8. The van der Waals surface area contributed by atoms with Crippen LogP contribution in [-0.2, 0) is 0 Å². The van der Waals surface area contributed by atoms with Crippen molar-refractivity contribution >= 4 is 11.4 Å². The van der Waals surface area contributed by atoms with E-state index < -0.39 is 0 Å². The Morgan fingerprint density at radius 2 is 1.29 bits per heavy atom. The third-order valence-corrected chi connectivity index (χ3v) is 2.82. The zero-order valence-electron chi connectivity index (χ0n) is 13.1. The molecule has 0 amide bonds. The van der Waals surface area contributed by atoms with Crippen molar-refractivity contribution in [2.24, 2.45) is 15.6 Å². The second-order valence-electron chi connectivity index (χ2n) is 6.38. The zero-order valence-corrected chi connectivity index (χ0v) is 13.1. The molecule has 0 aromatic heterocycles. The van der Waals surface area contributed by atoms with E-state index in [0.29, 0.717) is 6.61 Å². The van der Waals surface area contributed by atoms with Gasteiger partial charge in [0.2, 0.25) is 0 Å². The maximum absolute atomic E-state index is 5.73. The molecular formula is C18H22N2O. The first-order valence-corrected chi connectivity index (χ1v) is 7.14. The molecule has 0 aliphatic heterocycles. The first-order chi connectivity index (χ1) is 9.92. The van der Waals surface area contributed by atoms with E-state index >= 15 is 0 Å². The lowest BCUT2D eigenvalue weighted by Crippen LogP contribution is -2.16. The van der Waals surface area contributed by atoms with Gasteiger partial charge in [-0.2, -0.15) is 10.2 Å². The molecule has 0 fully saturated rings. The molecule has 0 saturated heterocycles. The summed E-state index contributed by atoms with van der Waals surface area (Å²) in [5.74, 6) is 0.860. The number of rotatable bonds is 4. The Hall–Kier alpha value is -2.16. The fourth-order valence-corrected chi connectivity index (χ4v) is 1.64. The lowest BCUT2D eigenvalue weighted by molar-refractivity contribution is 0.198. The van der Waals surface area contributed by atoms with E-state index in [1.165, 1.54) is 5.56 Å². The predicted octanol–water partition coefficient (Wildman–Crippen LogP) is 5.84. The minimum absolute atomic E-state index is 0.157. The Kier molecular flexibility index (Phi) is 4.73. The van der Waals surface area contributed by atoms with E-state index in [2.05, 4.69) is 37.9 Å². The van der Waals surface area contributed by atoms with Crippen LogP contribution >= 0.6 is 0 Å². The molecule has 2 aromatic carbocycles.